The Morgan fingerprint density at radius 2 is 2.04 bits per heavy atom. The molecule has 0 bridgehead atoms. The molecule has 0 fully saturated rings. The van der Waals surface area contributed by atoms with Crippen molar-refractivity contribution in [2.45, 2.75) is 12.5 Å². The molecule has 1 aromatic heterocycles. The molecule has 1 atom stereocenters. The molecule has 2 amide bonds. The summed E-state index contributed by atoms with van der Waals surface area (Å²) in [5.74, 6) is 0.895. The Kier molecular flexibility index (Phi) is 4.04. The highest BCUT2D eigenvalue weighted by Gasteiger charge is 2.22. The summed E-state index contributed by atoms with van der Waals surface area (Å²) in [5, 5.41) is 9.81. The van der Waals surface area contributed by atoms with Crippen LogP contribution in [0.3, 0.4) is 0 Å². The van der Waals surface area contributed by atoms with Gasteiger partial charge in [-0.2, -0.15) is 5.10 Å². The zero-order valence-electron chi connectivity index (χ0n) is 13.4. The average molecular weight is 335 g/mol. The van der Waals surface area contributed by atoms with Crippen LogP contribution in [0.1, 0.15) is 5.56 Å². The third-order valence-electron chi connectivity index (χ3n) is 4.02. The molecule has 2 N–H and O–H groups in total. The minimum Gasteiger partial charge on any atom is -0.488 e. The largest absolute Gasteiger partial charge is 0.488 e. The Morgan fingerprint density at radius 3 is 2.88 bits per heavy atom. The van der Waals surface area contributed by atoms with Crippen molar-refractivity contribution in [1.82, 2.24) is 20.1 Å². The van der Waals surface area contributed by atoms with Crippen LogP contribution in [-0.2, 0) is 6.42 Å². The lowest BCUT2D eigenvalue weighted by Gasteiger charge is -2.14. The van der Waals surface area contributed by atoms with Gasteiger partial charge in [-0.25, -0.2) is 14.5 Å². The van der Waals surface area contributed by atoms with Crippen LogP contribution in [0.15, 0.2) is 61.2 Å². The maximum atomic E-state index is 12.2. The molecule has 0 saturated heterocycles. The van der Waals surface area contributed by atoms with Gasteiger partial charge in [0.05, 0.1) is 17.9 Å². The van der Waals surface area contributed by atoms with Crippen molar-refractivity contribution < 1.29 is 9.53 Å². The van der Waals surface area contributed by atoms with E-state index in [1.54, 1.807) is 11.0 Å². The number of amides is 2. The quantitative estimate of drug-likeness (QED) is 0.767. The monoisotopic (exact) mass is 335 g/mol. The minimum atomic E-state index is -0.285. The summed E-state index contributed by atoms with van der Waals surface area (Å²) in [7, 11) is 0. The number of para-hydroxylation sites is 3. The summed E-state index contributed by atoms with van der Waals surface area (Å²) in [5.41, 5.74) is 2.58. The molecule has 25 heavy (non-hydrogen) atoms. The van der Waals surface area contributed by atoms with Crippen LogP contribution in [0, 0.1) is 0 Å². The van der Waals surface area contributed by atoms with Gasteiger partial charge in [-0.15, -0.1) is 0 Å². The van der Waals surface area contributed by atoms with Gasteiger partial charge in [0.15, 0.2) is 0 Å². The number of urea groups is 1. The van der Waals surface area contributed by atoms with Crippen LogP contribution < -0.4 is 15.4 Å². The van der Waals surface area contributed by atoms with E-state index in [1.165, 1.54) is 11.9 Å². The molecule has 2 heterocycles. The molecule has 0 spiro atoms. The first-order valence-corrected chi connectivity index (χ1v) is 8.03. The summed E-state index contributed by atoms with van der Waals surface area (Å²) in [6.45, 7) is 0.437. The first-order chi connectivity index (χ1) is 12.3. The normalized spacial score (nSPS) is 15.3. The second-order valence-corrected chi connectivity index (χ2v) is 5.74. The highest BCUT2D eigenvalue weighted by atomic mass is 16.5. The number of nitrogens with one attached hydrogen (secondary N) is 2. The second kappa shape index (κ2) is 6.64. The molecule has 0 radical (unpaired) electrons. The smallest absolute Gasteiger partial charge is 0.319 e. The SMILES string of the molecule is O=C(NCC1Cc2ccccc2O1)Nc1ccccc1-n1cncn1. The molecule has 1 unspecified atom stereocenters. The fourth-order valence-corrected chi connectivity index (χ4v) is 2.85. The van der Waals surface area contributed by atoms with E-state index in [9.17, 15) is 4.79 Å². The Balaban J connectivity index is 1.36. The van der Waals surface area contributed by atoms with Crippen LogP contribution in [-0.4, -0.2) is 33.4 Å². The summed E-state index contributed by atoms with van der Waals surface area (Å²) in [4.78, 5) is 16.2. The maximum Gasteiger partial charge on any atom is 0.319 e. The molecule has 0 aliphatic carbocycles. The van der Waals surface area contributed by atoms with Gasteiger partial charge in [-0.3, -0.25) is 0 Å². The number of hydrogen-bond acceptors (Lipinski definition) is 4. The number of ether oxygens (including phenoxy) is 1. The predicted molar refractivity (Wildman–Crippen MR) is 92.9 cm³/mol. The molecule has 4 rings (SSSR count). The van der Waals surface area contributed by atoms with Crippen molar-refractivity contribution in [2.24, 2.45) is 0 Å². The molecule has 0 saturated carbocycles. The van der Waals surface area contributed by atoms with Crippen molar-refractivity contribution in [3.63, 3.8) is 0 Å². The van der Waals surface area contributed by atoms with E-state index < -0.39 is 0 Å². The third-order valence-corrected chi connectivity index (χ3v) is 4.02. The van der Waals surface area contributed by atoms with Gasteiger partial charge < -0.3 is 15.4 Å². The number of nitrogens with zero attached hydrogens (tertiary/aromatic N) is 3. The second-order valence-electron chi connectivity index (χ2n) is 5.74. The Bertz CT molecular complexity index is 854. The molecule has 2 aromatic carbocycles. The van der Waals surface area contributed by atoms with Crippen LogP contribution in [0.2, 0.25) is 0 Å². The lowest BCUT2D eigenvalue weighted by molar-refractivity contribution is 0.219. The first-order valence-electron chi connectivity index (χ1n) is 8.03. The number of rotatable bonds is 4. The van der Waals surface area contributed by atoms with Crippen LogP contribution in [0.4, 0.5) is 10.5 Å². The number of hydrogen-bond donors (Lipinski definition) is 2. The Labute approximate surface area is 144 Å². The van der Waals surface area contributed by atoms with E-state index in [0.717, 1.165) is 17.9 Å². The highest BCUT2D eigenvalue weighted by Crippen LogP contribution is 2.27. The van der Waals surface area contributed by atoms with Gasteiger partial charge in [0.1, 0.15) is 24.5 Å². The van der Waals surface area contributed by atoms with E-state index in [2.05, 4.69) is 20.7 Å². The summed E-state index contributed by atoms with van der Waals surface area (Å²) >= 11 is 0. The molecule has 1 aliphatic rings. The van der Waals surface area contributed by atoms with Gasteiger partial charge in [0.2, 0.25) is 0 Å². The van der Waals surface area contributed by atoms with Gasteiger partial charge in [0.25, 0.3) is 0 Å². The van der Waals surface area contributed by atoms with Gasteiger partial charge in [0, 0.05) is 6.42 Å². The van der Waals surface area contributed by atoms with Crippen molar-refractivity contribution >= 4 is 11.7 Å². The molecular formula is C18H17N5O2. The molecule has 7 heteroatoms. The van der Waals surface area contributed by atoms with Crippen molar-refractivity contribution in [2.75, 3.05) is 11.9 Å². The van der Waals surface area contributed by atoms with Gasteiger partial charge >= 0.3 is 6.03 Å². The minimum absolute atomic E-state index is 0.0475. The molecular weight excluding hydrogens is 318 g/mol. The highest BCUT2D eigenvalue weighted by molar-refractivity contribution is 5.91. The van der Waals surface area contributed by atoms with Gasteiger partial charge in [-0.05, 0) is 23.8 Å². The fraction of sp³-hybridized carbons (Fsp3) is 0.167. The lowest BCUT2D eigenvalue weighted by Crippen LogP contribution is -2.37. The van der Waals surface area contributed by atoms with E-state index in [0.29, 0.717) is 12.2 Å². The topological polar surface area (TPSA) is 81.1 Å². The predicted octanol–water partition coefficient (Wildman–Crippen LogP) is 2.39. The van der Waals surface area contributed by atoms with Crippen LogP contribution in [0.25, 0.3) is 5.69 Å². The molecule has 7 nitrogen and oxygen atoms in total. The zero-order valence-corrected chi connectivity index (χ0v) is 13.4. The number of benzene rings is 2. The number of aromatic nitrogens is 3. The van der Waals surface area contributed by atoms with Crippen LogP contribution in [0.5, 0.6) is 5.75 Å². The Morgan fingerprint density at radius 1 is 1.20 bits per heavy atom. The summed E-state index contributed by atoms with van der Waals surface area (Å²) in [6, 6.07) is 15.1. The van der Waals surface area contributed by atoms with E-state index >= 15 is 0 Å². The Hall–Kier alpha value is -3.35. The molecule has 126 valence electrons. The number of fused-ring (bicyclic) bond motifs is 1. The standard InChI is InChI=1S/C18H17N5O2/c24-18(20-10-14-9-13-5-1-4-8-17(13)25-14)22-15-6-2-3-7-16(15)23-12-19-11-21-23/h1-8,11-12,14H,9-10H2,(H2,20,22,24). The van der Waals surface area contributed by atoms with Crippen LogP contribution >= 0.6 is 0 Å². The van der Waals surface area contributed by atoms with E-state index in [4.69, 9.17) is 4.74 Å². The molecule has 1 aliphatic heterocycles. The van der Waals surface area contributed by atoms with E-state index in [1.807, 2.05) is 48.5 Å². The summed E-state index contributed by atoms with van der Waals surface area (Å²) < 4.78 is 7.43. The maximum absolute atomic E-state index is 12.2. The third kappa shape index (κ3) is 3.30. The molecule has 3 aromatic rings. The number of carbonyl (C=O) groups is 1. The van der Waals surface area contributed by atoms with Crippen molar-refractivity contribution in [3.8, 4) is 11.4 Å². The van der Waals surface area contributed by atoms with E-state index in [-0.39, 0.29) is 12.1 Å². The fourth-order valence-electron chi connectivity index (χ4n) is 2.85. The summed E-state index contributed by atoms with van der Waals surface area (Å²) in [6.07, 6.45) is 3.79. The van der Waals surface area contributed by atoms with Gasteiger partial charge in [-0.1, -0.05) is 30.3 Å². The number of carbonyl (C=O) groups excluding carboxylic acids is 1. The first kappa shape index (κ1) is 15.2. The zero-order chi connectivity index (χ0) is 17.1. The average Bonchev–Trinajstić information content (AvgIpc) is 3.30. The van der Waals surface area contributed by atoms with Crippen molar-refractivity contribution in [3.05, 3.63) is 66.7 Å². The lowest BCUT2D eigenvalue weighted by atomic mass is 10.1. The van der Waals surface area contributed by atoms with Crippen molar-refractivity contribution in [1.29, 1.82) is 0 Å². The number of anilines is 1.